The van der Waals surface area contributed by atoms with Crippen LogP contribution in [-0.2, 0) is 6.54 Å². The van der Waals surface area contributed by atoms with Gasteiger partial charge in [-0.25, -0.2) is 0 Å². The van der Waals surface area contributed by atoms with E-state index in [1.165, 1.54) is 5.56 Å². The van der Waals surface area contributed by atoms with Gasteiger partial charge in [-0.2, -0.15) is 0 Å². The van der Waals surface area contributed by atoms with E-state index in [9.17, 15) is 5.11 Å². The van der Waals surface area contributed by atoms with Crippen molar-refractivity contribution in [1.82, 2.24) is 4.90 Å². The molecule has 1 saturated heterocycles. The molecule has 3 N–H and O–H groups in total. The van der Waals surface area contributed by atoms with Gasteiger partial charge < -0.3 is 10.8 Å². The first kappa shape index (κ1) is 11.9. The van der Waals surface area contributed by atoms with E-state index in [4.69, 9.17) is 5.73 Å². The largest absolute Gasteiger partial charge is 0.399 e. The van der Waals surface area contributed by atoms with E-state index in [1.54, 1.807) is 0 Å². The maximum atomic E-state index is 9.88. The third-order valence-electron chi connectivity index (χ3n) is 3.00. The van der Waals surface area contributed by atoms with Crippen molar-refractivity contribution in [3.8, 4) is 0 Å². The summed E-state index contributed by atoms with van der Waals surface area (Å²) in [5.41, 5.74) is 7.15. The molecule has 1 aliphatic heterocycles. The topological polar surface area (TPSA) is 49.5 Å². The minimum atomic E-state index is -0.527. The van der Waals surface area contributed by atoms with Gasteiger partial charge in [0, 0.05) is 29.8 Å². The number of likely N-dealkylation sites (tertiary alicyclic amines) is 1. The zero-order valence-corrected chi connectivity index (χ0v) is 11.0. The van der Waals surface area contributed by atoms with E-state index in [0.717, 1.165) is 36.2 Å². The molecule has 0 radical (unpaired) electrons. The molecule has 1 unspecified atom stereocenters. The lowest BCUT2D eigenvalue weighted by atomic mass is 10.1. The number of nitrogens with zero attached hydrogens (tertiary/aromatic N) is 1. The Kier molecular flexibility index (Phi) is 3.24. The van der Waals surface area contributed by atoms with Gasteiger partial charge in [0.25, 0.3) is 0 Å². The Hall–Kier alpha value is -0.580. The number of anilines is 1. The summed E-state index contributed by atoms with van der Waals surface area (Å²) in [6.45, 7) is 4.44. The van der Waals surface area contributed by atoms with Crippen LogP contribution in [0.5, 0.6) is 0 Å². The number of halogens is 1. The lowest BCUT2D eigenvalue weighted by molar-refractivity contribution is 0.0679. The second kappa shape index (κ2) is 4.35. The molecular formula is C12H17BrN2O. The summed E-state index contributed by atoms with van der Waals surface area (Å²) >= 11 is 3.51. The van der Waals surface area contributed by atoms with Gasteiger partial charge >= 0.3 is 0 Å². The molecule has 1 atom stereocenters. The molecule has 16 heavy (non-hydrogen) atoms. The molecule has 1 aromatic rings. The summed E-state index contributed by atoms with van der Waals surface area (Å²) in [5, 5.41) is 9.88. The maximum absolute atomic E-state index is 9.88. The van der Waals surface area contributed by atoms with Crippen molar-refractivity contribution in [2.45, 2.75) is 25.5 Å². The summed E-state index contributed by atoms with van der Waals surface area (Å²) < 4.78 is 1.04. The van der Waals surface area contributed by atoms with Gasteiger partial charge in [0.05, 0.1) is 5.60 Å². The molecule has 88 valence electrons. The van der Waals surface area contributed by atoms with Gasteiger partial charge in [-0.3, -0.25) is 4.90 Å². The highest BCUT2D eigenvalue weighted by molar-refractivity contribution is 9.10. The molecular weight excluding hydrogens is 268 g/mol. The van der Waals surface area contributed by atoms with E-state index >= 15 is 0 Å². The van der Waals surface area contributed by atoms with Crippen molar-refractivity contribution < 1.29 is 5.11 Å². The summed E-state index contributed by atoms with van der Waals surface area (Å²) in [5.74, 6) is 0. The van der Waals surface area contributed by atoms with Crippen LogP contribution in [-0.4, -0.2) is 28.7 Å². The minimum Gasteiger partial charge on any atom is -0.399 e. The van der Waals surface area contributed by atoms with Crippen LogP contribution in [0.15, 0.2) is 22.7 Å². The number of nitrogens with two attached hydrogens (primary N) is 1. The highest BCUT2D eigenvalue weighted by Crippen LogP contribution is 2.26. The summed E-state index contributed by atoms with van der Waals surface area (Å²) in [7, 11) is 0. The molecule has 0 aromatic heterocycles. The van der Waals surface area contributed by atoms with Crippen molar-refractivity contribution in [1.29, 1.82) is 0 Å². The third-order valence-corrected chi connectivity index (χ3v) is 3.74. The molecule has 1 fully saturated rings. The van der Waals surface area contributed by atoms with Crippen molar-refractivity contribution in [3.63, 3.8) is 0 Å². The fourth-order valence-electron chi connectivity index (χ4n) is 2.11. The Morgan fingerprint density at radius 2 is 2.31 bits per heavy atom. The highest BCUT2D eigenvalue weighted by atomic mass is 79.9. The predicted octanol–water partition coefficient (Wildman–Crippen LogP) is 1.99. The van der Waals surface area contributed by atoms with E-state index < -0.39 is 5.60 Å². The molecule has 0 bridgehead atoms. The quantitative estimate of drug-likeness (QED) is 0.817. The predicted molar refractivity (Wildman–Crippen MR) is 69.1 cm³/mol. The average molecular weight is 285 g/mol. The minimum absolute atomic E-state index is 0.527. The molecule has 2 rings (SSSR count). The van der Waals surface area contributed by atoms with Crippen LogP contribution in [0.1, 0.15) is 18.9 Å². The standard InChI is InChI=1S/C12H17BrN2O/c1-12(16)4-5-15(8-12)7-9-2-3-10(14)6-11(9)13/h2-3,6,16H,4-5,7-8,14H2,1H3. The van der Waals surface area contributed by atoms with Gasteiger partial charge in [0.2, 0.25) is 0 Å². The Bertz CT molecular complexity index is 393. The van der Waals surface area contributed by atoms with E-state index in [0.29, 0.717) is 0 Å². The SMILES string of the molecule is CC1(O)CCN(Cc2ccc(N)cc2Br)C1. The van der Waals surface area contributed by atoms with Crippen LogP contribution < -0.4 is 5.73 Å². The smallest absolute Gasteiger partial charge is 0.0758 e. The van der Waals surface area contributed by atoms with E-state index in [1.807, 2.05) is 25.1 Å². The third kappa shape index (κ3) is 2.75. The number of hydrogen-bond acceptors (Lipinski definition) is 3. The van der Waals surface area contributed by atoms with Crippen LogP contribution in [0.4, 0.5) is 5.69 Å². The first-order valence-corrected chi connectivity index (χ1v) is 6.24. The summed E-state index contributed by atoms with van der Waals surface area (Å²) in [4.78, 5) is 2.26. The first-order valence-electron chi connectivity index (χ1n) is 5.45. The van der Waals surface area contributed by atoms with Gasteiger partial charge in [-0.05, 0) is 31.0 Å². The molecule has 0 aliphatic carbocycles. The first-order chi connectivity index (χ1) is 7.46. The number of nitrogen functional groups attached to an aromatic ring is 1. The lowest BCUT2D eigenvalue weighted by Crippen LogP contribution is -2.29. The molecule has 0 amide bonds. The second-order valence-electron chi connectivity index (χ2n) is 4.81. The Balaban J connectivity index is 2.05. The number of aliphatic hydroxyl groups is 1. The van der Waals surface area contributed by atoms with Crippen molar-refractivity contribution >= 4 is 21.6 Å². The molecule has 0 saturated carbocycles. The summed E-state index contributed by atoms with van der Waals surface area (Å²) in [6.07, 6.45) is 0.847. The summed E-state index contributed by atoms with van der Waals surface area (Å²) in [6, 6.07) is 5.87. The molecule has 1 heterocycles. The van der Waals surface area contributed by atoms with Crippen molar-refractivity contribution in [3.05, 3.63) is 28.2 Å². The average Bonchev–Trinajstić information content (AvgIpc) is 2.51. The number of hydrogen-bond donors (Lipinski definition) is 2. The number of rotatable bonds is 2. The second-order valence-corrected chi connectivity index (χ2v) is 5.66. The molecule has 4 heteroatoms. The van der Waals surface area contributed by atoms with E-state index in [2.05, 4.69) is 20.8 Å². The van der Waals surface area contributed by atoms with Crippen LogP contribution >= 0.6 is 15.9 Å². The Labute approximate surface area is 104 Å². The number of β-amino-alcohol motifs (C(OH)–C–C–N with tert-alkyl or cyclic N) is 1. The Morgan fingerprint density at radius 1 is 1.56 bits per heavy atom. The van der Waals surface area contributed by atoms with Crippen LogP contribution in [0, 0.1) is 0 Å². The van der Waals surface area contributed by atoms with E-state index in [-0.39, 0.29) is 0 Å². The molecule has 3 nitrogen and oxygen atoms in total. The van der Waals surface area contributed by atoms with Crippen molar-refractivity contribution in [2.24, 2.45) is 0 Å². The van der Waals surface area contributed by atoms with Crippen LogP contribution in [0.2, 0.25) is 0 Å². The molecule has 0 spiro atoms. The van der Waals surface area contributed by atoms with Gasteiger partial charge in [-0.1, -0.05) is 22.0 Å². The maximum Gasteiger partial charge on any atom is 0.0758 e. The zero-order chi connectivity index (χ0) is 11.8. The molecule has 1 aliphatic rings. The fourth-order valence-corrected chi connectivity index (χ4v) is 2.63. The van der Waals surface area contributed by atoms with Gasteiger partial charge in [-0.15, -0.1) is 0 Å². The molecule has 1 aromatic carbocycles. The highest BCUT2D eigenvalue weighted by Gasteiger charge is 2.31. The Morgan fingerprint density at radius 3 is 2.88 bits per heavy atom. The van der Waals surface area contributed by atoms with Gasteiger partial charge in [0.15, 0.2) is 0 Å². The van der Waals surface area contributed by atoms with Crippen LogP contribution in [0.25, 0.3) is 0 Å². The van der Waals surface area contributed by atoms with Gasteiger partial charge in [0.1, 0.15) is 0 Å². The number of benzene rings is 1. The zero-order valence-electron chi connectivity index (χ0n) is 9.41. The fraction of sp³-hybridized carbons (Fsp3) is 0.500. The van der Waals surface area contributed by atoms with Crippen LogP contribution in [0.3, 0.4) is 0 Å². The van der Waals surface area contributed by atoms with Crippen molar-refractivity contribution in [2.75, 3.05) is 18.8 Å². The lowest BCUT2D eigenvalue weighted by Gasteiger charge is -2.19. The normalized spacial score (nSPS) is 26.2. The monoisotopic (exact) mass is 284 g/mol.